The Morgan fingerprint density at radius 2 is 1.77 bits per heavy atom. The smallest absolute Gasteiger partial charge is 0.0678 e. The van der Waals surface area contributed by atoms with Gasteiger partial charge in [-0.05, 0) is 18.6 Å². The van der Waals surface area contributed by atoms with Crippen LogP contribution in [-0.2, 0) is 7.05 Å². The summed E-state index contributed by atoms with van der Waals surface area (Å²) in [5, 5.41) is 4.13. The summed E-state index contributed by atoms with van der Waals surface area (Å²) in [6, 6.07) is 10.5. The molecule has 2 nitrogen and oxygen atoms in total. The molecule has 1 aromatic heterocycles. The fraction of sp³-hybridized carbons (Fsp3) is 0.182. The lowest BCUT2D eigenvalue weighted by Gasteiger charge is -2.01. The first kappa shape index (κ1) is 8.05. The van der Waals surface area contributed by atoms with Crippen molar-refractivity contribution in [2.75, 3.05) is 0 Å². The second kappa shape index (κ2) is 3.05. The molecule has 1 aromatic carbocycles. The number of hydrogen-bond donors (Lipinski definition) is 0. The van der Waals surface area contributed by atoms with Gasteiger partial charge in [0.15, 0.2) is 0 Å². The summed E-state index contributed by atoms with van der Waals surface area (Å²) in [6.07, 6.45) is 1.81. The van der Waals surface area contributed by atoms with E-state index in [0.717, 1.165) is 5.69 Å². The Morgan fingerprint density at radius 3 is 2.31 bits per heavy atom. The van der Waals surface area contributed by atoms with Crippen molar-refractivity contribution in [3.63, 3.8) is 0 Å². The zero-order chi connectivity index (χ0) is 9.26. The van der Waals surface area contributed by atoms with Gasteiger partial charge in [-0.25, -0.2) is 0 Å². The molecule has 0 atom stereocenters. The molecule has 0 bridgehead atoms. The van der Waals surface area contributed by atoms with Crippen molar-refractivity contribution in [3.05, 3.63) is 42.1 Å². The van der Waals surface area contributed by atoms with Crippen molar-refractivity contribution in [1.82, 2.24) is 9.78 Å². The average molecular weight is 172 g/mol. The Balaban J connectivity index is 2.47. The molecule has 0 saturated carbocycles. The van der Waals surface area contributed by atoms with E-state index in [1.54, 1.807) is 0 Å². The predicted octanol–water partition coefficient (Wildman–Crippen LogP) is 2.40. The molecule has 0 amide bonds. The first-order valence-corrected chi connectivity index (χ1v) is 4.32. The first-order chi connectivity index (χ1) is 6.27. The molecule has 0 unspecified atom stereocenters. The summed E-state index contributed by atoms with van der Waals surface area (Å²) in [5.74, 6) is 0. The van der Waals surface area contributed by atoms with Gasteiger partial charge in [0.2, 0.25) is 0 Å². The Labute approximate surface area is 77.8 Å². The van der Waals surface area contributed by atoms with Gasteiger partial charge in [-0.1, -0.05) is 29.8 Å². The summed E-state index contributed by atoms with van der Waals surface area (Å²) in [6.45, 7) is 2.09. The van der Waals surface area contributed by atoms with E-state index in [-0.39, 0.29) is 0 Å². The molecule has 2 rings (SSSR count). The highest BCUT2D eigenvalue weighted by atomic mass is 15.2. The summed E-state index contributed by atoms with van der Waals surface area (Å²) in [5.41, 5.74) is 3.65. The van der Waals surface area contributed by atoms with E-state index in [4.69, 9.17) is 0 Å². The van der Waals surface area contributed by atoms with E-state index in [2.05, 4.69) is 36.3 Å². The van der Waals surface area contributed by atoms with Gasteiger partial charge in [0, 0.05) is 13.2 Å². The SMILES string of the molecule is Cc1ccc(-c2ccnn2C)cc1. The van der Waals surface area contributed by atoms with E-state index >= 15 is 0 Å². The summed E-state index contributed by atoms with van der Waals surface area (Å²) >= 11 is 0. The Hall–Kier alpha value is -1.57. The van der Waals surface area contributed by atoms with Crippen LogP contribution in [0.25, 0.3) is 11.3 Å². The van der Waals surface area contributed by atoms with Crippen LogP contribution in [0.3, 0.4) is 0 Å². The number of rotatable bonds is 1. The van der Waals surface area contributed by atoms with Gasteiger partial charge < -0.3 is 0 Å². The van der Waals surface area contributed by atoms with E-state index in [1.165, 1.54) is 11.1 Å². The van der Waals surface area contributed by atoms with Crippen LogP contribution >= 0.6 is 0 Å². The van der Waals surface area contributed by atoms with Gasteiger partial charge in [0.25, 0.3) is 0 Å². The minimum absolute atomic E-state index is 1.15. The molecule has 0 radical (unpaired) electrons. The molecule has 0 aliphatic rings. The topological polar surface area (TPSA) is 17.8 Å². The third-order valence-corrected chi connectivity index (χ3v) is 2.17. The largest absolute Gasteiger partial charge is 0.268 e. The summed E-state index contributed by atoms with van der Waals surface area (Å²) in [7, 11) is 1.95. The van der Waals surface area contributed by atoms with E-state index < -0.39 is 0 Å². The molecule has 2 aromatic rings. The van der Waals surface area contributed by atoms with Crippen LogP contribution in [0.15, 0.2) is 36.5 Å². The van der Waals surface area contributed by atoms with Gasteiger partial charge >= 0.3 is 0 Å². The second-order valence-electron chi connectivity index (χ2n) is 3.21. The van der Waals surface area contributed by atoms with Crippen LogP contribution < -0.4 is 0 Å². The van der Waals surface area contributed by atoms with Gasteiger partial charge in [-0.2, -0.15) is 5.10 Å². The van der Waals surface area contributed by atoms with Crippen LogP contribution in [0.1, 0.15) is 5.56 Å². The van der Waals surface area contributed by atoms with Gasteiger partial charge in [-0.15, -0.1) is 0 Å². The third kappa shape index (κ3) is 1.47. The first-order valence-electron chi connectivity index (χ1n) is 4.32. The Kier molecular flexibility index (Phi) is 1.89. The molecular formula is C11H12N2. The zero-order valence-electron chi connectivity index (χ0n) is 7.86. The number of nitrogens with zero attached hydrogens (tertiary/aromatic N) is 2. The van der Waals surface area contributed by atoms with Crippen molar-refractivity contribution in [2.24, 2.45) is 7.05 Å². The Morgan fingerprint density at radius 1 is 1.08 bits per heavy atom. The number of hydrogen-bond acceptors (Lipinski definition) is 1. The highest BCUT2D eigenvalue weighted by Gasteiger charge is 2.00. The molecule has 1 heterocycles. The number of aryl methyl sites for hydroxylation is 2. The fourth-order valence-electron chi connectivity index (χ4n) is 1.38. The lowest BCUT2D eigenvalue weighted by molar-refractivity contribution is 0.776. The number of aromatic nitrogens is 2. The molecular weight excluding hydrogens is 160 g/mol. The van der Waals surface area contributed by atoms with Crippen molar-refractivity contribution in [2.45, 2.75) is 6.92 Å². The van der Waals surface area contributed by atoms with Crippen molar-refractivity contribution in [1.29, 1.82) is 0 Å². The molecule has 0 saturated heterocycles. The van der Waals surface area contributed by atoms with Crippen LogP contribution in [0.4, 0.5) is 0 Å². The quantitative estimate of drug-likeness (QED) is 0.645. The molecule has 0 spiro atoms. The standard InChI is InChI=1S/C11H12N2/c1-9-3-5-10(6-4-9)11-7-8-12-13(11)2/h3-8H,1-2H3. The zero-order valence-corrected chi connectivity index (χ0v) is 7.86. The highest BCUT2D eigenvalue weighted by Crippen LogP contribution is 2.17. The maximum atomic E-state index is 4.13. The van der Waals surface area contributed by atoms with Crippen LogP contribution in [-0.4, -0.2) is 9.78 Å². The van der Waals surface area contributed by atoms with Gasteiger partial charge in [-0.3, -0.25) is 4.68 Å². The lowest BCUT2D eigenvalue weighted by atomic mass is 10.1. The number of benzene rings is 1. The van der Waals surface area contributed by atoms with E-state index in [1.807, 2.05) is 24.0 Å². The average Bonchev–Trinajstić information content (AvgIpc) is 2.53. The van der Waals surface area contributed by atoms with Crippen LogP contribution in [0.2, 0.25) is 0 Å². The minimum atomic E-state index is 1.15. The van der Waals surface area contributed by atoms with E-state index in [0.29, 0.717) is 0 Å². The molecule has 13 heavy (non-hydrogen) atoms. The van der Waals surface area contributed by atoms with E-state index in [9.17, 15) is 0 Å². The van der Waals surface area contributed by atoms with Gasteiger partial charge in [0.1, 0.15) is 0 Å². The summed E-state index contributed by atoms with van der Waals surface area (Å²) < 4.78 is 1.88. The fourth-order valence-corrected chi connectivity index (χ4v) is 1.38. The maximum absolute atomic E-state index is 4.13. The second-order valence-corrected chi connectivity index (χ2v) is 3.21. The molecule has 0 fully saturated rings. The molecule has 0 aliphatic heterocycles. The molecule has 0 N–H and O–H groups in total. The summed E-state index contributed by atoms with van der Waals surface area (Å²) in [4.78, 5) is 0. The lowest BCUT2D eigenvalue weighted by Crippen LogP contribution is -1.92. The highest BCUT2D eigenvalue weighted by molar-refractivity contribution is 5.59. The molecule has 66 valence electrons. The predicted molar refractivity (Wildman–Crippen MR) is 53.4 cm³/mol. The molecule has 0 aliphatic carbocycles. The van der Waals surface area contributed by atoms with Crippen molar-refractivity contribution in [3.8, 4) is 11.3 Å². The monoisotopic (exact) mass is 172 g/mol. The van der Waals surface area contributed by atoms with Crippen molar-refractivity contribution >= 4 is 0 Å². The van der Waals surface area contributed by atoms with Gasteiger partial charge in [0.05, 0.1) is 5.69 Å². The third-order valence-electron chi connectivity index (χ3n) is 2.17. The maximum Gasteiger partial charge on any atom is 0.0678 e. The van der Waals surface area contributed by atoms with Crippen molar-refractivity contribution < 1.29 is 0 Å². The normalized spacial score (nSPS) is 10.3. The minimum Gasteiger partial charge on any atom is -0.268 e. The van der Waals surface area contributed by atoms with Crippen LogP contribution in [0.5, 0.6) is 0 Å². The van der Waals surface area contributed by atoms with Crippen LogP contribution in [0, 0.1) is 6.92 Å². The Bertz CT molecular complexity index is 398. The molecule has 2 heteroatoms.